The second-order valence-electron chi connectivity index (χ2n) is 6.12. The Kier molecular flexibility index (Phi) is 5.58. The summed E-state index contributed by atoms with van der Waals surface area (Å²) in [7, 11) is 0. The number of aliphatic hydroxyl groups excluding tert-OH is 3. The molecule has 0 aliphatic carbocycles. The molecule has 5 N–H and O–H groups in total. The van der Waals surface area contributed by atoms with Crippen molar-refractivity contribution in [1.29, 1.82) is 0 Å². The lowest BCUT2D eigenvalue weighted by Gasteiger charge is -2.15. The maximum absolute atomic E-state index is 12.6. The van der Waals surface area contributed by atoms with E-state index in [-0.39, 0.29) is 11.4 Å². The maximum atomic E-state index is 12.6. The van der Waals surface area contributed by atoms with Crippen LogP contribution in [0.5, 0.6) is 0 Å². The van der Waals surface area contributed by atoms with E-state index in [0.717, 1.165) is 28.9 Å². The number of carbonyl (C=O) groups excluding carboxylic acids is 1. The van der Waals surface area contributed by atoms with E-state index in [1.807, 2.05) is 0 Å². The SMILES string of the molecule is NC(=O)c1nc(C#Cc2ccc(C(F)(F)F)cc2)n([C@@H]2O[C@H](CO)[C@@H](O)[C@H]2O)n1. The normalized spacial score (nSPS) is 24.2. The van der Waals surface area contributed by atoms with Gasteiger partial charge in [0.05, 0.1) is 12.2 Å². The Hall–Kier alpha value is -2.98. The number of aliphatic hydroxyl groups is 3. The number of nitrogens with two attached hydrogens (primary N) is 1. The van der Waals surface area contributed by atoms with E-state index >= 15 is 0 Å². The van der Waals surface area contributed by atoms with Crippen LogP contribution in [-0.2, 0) is 10.9 Å². The highest BCUT2D eigenvalue weighted by Crippen LogP contribution is 2.30. The van der Waals surface area contributed by atoms with Gasteiger partial charge in [0.25, 0.3) is 5.91 Å². The van der Waals surface area contributed by atoms with Crippen LogP contribution in [0, 0.1) is 11.8 Å². The molecule has 1 aliphatic rings. The molecule has 0 bridgehead atoms. The first-order valence-corrected chi connectivity index (χ1v) is 8.20. The van der Waals surface area contributed by atoms with Crippen molar-refractivity contribution in [3.8, 4) is 11.8 Å². The number of hydrogen-bond acceptors (Lipinski definition) is 7. The summed E-state index contributed by atoms with van der Waals surface area (Å²) < 4.78 is 44.1. The molecule has 12 heteroatoms. The Morgan fingerprint density at radius 2 is 1.86 bits per heavy atom. The van der Waals surface area contributed by atoms with Gasteiger partial charge >= 0.3 is 6.18 Å². The molecule has 1 amide bonds. The van der Waals surface area contributed by atoms with E-state index in [1.165, 1.54) is 0 Å². The monoisotopic (exact) mass is 412 g/mol. The predicted octanol–water partition coefficient (Wildman–Crippen LogP) is -0.593. The molecule has 4 atom stereocenters. The zero-order valence-electron chi connectivity index (χ0n) is 14.5. The van der Waals surface area contributed by atoms with Crippen molar-refractivity contribution < 1.29 is 38.0 Å². The van der Waals surface area contributed by atoms with Gasteiger partial charge in [0.15, 0.2) is 6.23 Å². The van der Waals surface area contributed by atoms with Crippen molar-refractivity contribution in [2.75, 3.05) is 6.61 Å². The molecular weight excluding hydrogens is 397 g/mol. The number of aromatic nitrogens is 3. The van der Waals surface area contributed by atoms with Gasteiger partial charge in [-0.1, -0.05) is 5.92 Å². The van der Waals surface area contributed by atoms with Gasteiger partial charge in [-0.3, -0.25) is 4.79 Å². The minimum absolute atomic E-state index is 0.187. The number of hydrogen-bond donors (Lipinski definition) is 4. The van der Waals surface area contributed by atoms with Gasteiger partial charge < -0.3 is 25.8 Å². The van der Waals surface area contributed by atoms with Crippen LogP contribution in [0.1, 0.15) is 33.8 Å². The zero-order valence-corrected chi connectivity index (χ0v) is 14.5. The molecule has 1 saturated heterocycles. The summed E-state index contributed by atoms with van der Waals surface area (Å²) in [5.74, 6) is 3.46. The number of amides is 1. The van der Waals surface area contributed by atoms with Crippen LogP contribution in [0.15, 0.2) is 24.3 Å². The van der Waals surface area contributed by atoms with Gasteiger partial charge in [-0.2, -0.15) is 18.2 Å². The molecule has 29 heavy (non-hydrogen) atoms. The summed E-state index contributed by atoms with van der Waals surface area (Å²) >= 11 is 0. The van der Waals surface area contributed by atoms with E-state index in [9.17, 15) is 33.3 Å². The van der Waals surface area contributed by atoms with Crippen LogP contribution >= 0.6 is 0 Å². The summed E-state index contributed by atoms with van der Waals surface area (Å²) in [5, 5.41) is 33.0. The molecule has 154 valence electrons. The lowest BCUT2D eigenvalue weighted by molar-refractivity contribution is -0.137. The lowest BCUT2D eigenvalue weighted by atomic mass is 10.1. The summed E-state index contributed by atoms with van der Waals surface area (Å²) in [6.07, 6.45) is -9.85. The van der Waals surface area contributed by atoms with Crippen LogP contribution in [0.2, 0.25) is 0 Å². The second-order valence-corrected chi connectivity index (χ2v) is 6.12. The van der Waals surface area contributed by atoms with Crippen molar-refractivity contribution in [2.45, 2.75) is 30.7 Å². The molecule has 9 nitrogen and oxygen atoms in total. The molecule has 0 unspecified atom stereocenters. The molecule has 2 aromatic rings. The van der Waals surface area contributed by atoms with Crippen molar-refractivity contribution in [1.82, 2.24) is 14.8 Å². The average molecular weight is 412 g/mol. The molecule has 2 heterocycles. The van der Waals surface area contributed by atoms with Crippen LogP contribution < -0.4 is 5.73 Å². The van der Waals surface area contributed by atoms with Crippen LogP contribution in [0.4, 0.5) is 13.2 Å². The fraction of sp³-hybridized carbons (Fsp3) is 0.353. The van der Waals surface area contributed by atoms with E-state index in [4.69, 9.17) is 10.5 Å². The van der Waals surface area contributed by atoms with E-state index < -0.39 is 54.6 Å². The first-order chi connectivity index (χ1) is 13.6. The number of primary amides is 1. The van der Waals surface area contributed by atoms with Crippen molar-refractivity contribution in [3.63, 3.8) is 0 Å². The third-order valence-electron chi connectivity index (χ3n) is 4.14. The molecule has 0 spiro atoms. The Bertz CT molecular complexity index is 964. The van der Waals surface area contributed by atoms with Gasteiger partial charge in [0.2, 0.25) is 11.6 Å². The first kappa shape index (κ1) is 20.7. The minimum Gasteiger partial charge on any atom is -0.394 e. The van der Waals surface area contributed by atoms with Gasteiger partial charge in [-0.05, 0) is 30.2 Å². The van der Waals surface area contributed by atoms with Gasteiger partial charge in [-0.15, -0.1) is 5.10 Å². The number of nitrogens with zero attached hydrogens (tertiary/aromatic N) is 3. The molecule has 0 radical (unpaired) electrons. The standard InChI is InChI=1S/C17H15F3N4O5/c18-17(19,20)9-4-1-8(2-5-9)3-6-11-22-15(14(21)28)23-24(11)16-13(27)12(26)10(7-25)29-16/h1-2,4-5,10,12-13,16,25-27H,7H2,(H2,21,28)/t10-,12-,13-,16-/m1/s1. The third-order valence-corrected chi connectivity index (χ3v) is 4.14. The van der Waals surface area contributed by atoms with Gasteiger partial charge in [0, 0.05) is 5.56 Å². The second kappa shape index (κ2) is 7.80. The summed E-state index contributed by atoms with van der Waals surface area (Å²) in [4.78, 5) is 15.2. The highest BCUT2D eigenvalue weighted by atomic mass is 19.4. The Morgan fingerprint density at radius 3 is 2.38 bits per heavy atom. The van der Waals surface area contributed by atoms with Crippen molar-refractivity contribution in [2.24, 2.45) is 5.73 Å². The Balaban J connectivity index is 1.94. The lowest BCUT2D eigenvalue weighted by Crippen LogP contribution is -2.33. The number of carbonyl (C=O) groups is 1. The highest BCUT2D eigenvalue weighted by molar-refractivity contribution is 5.88. The summed E-state index contributed by atoms with van der Waals surface area (Å²) in [6.45, 7) is -0.585. The molecule has 1 aromatic heterocycles. The molecule has 0 saturated carbocycles. The molecule has 1 aromatic carbocycles. The van der Waals surface area contributed by atoms with Crippen LogP contribution in [0.3, 0.4) is 0 Å². The van der Waals surface area contributed by atoms with E-state index in [1.54, 1.807) is 0 Å². The molecule has 3 rings (SSSR count). The number of halogens is 3. The number of alkyl halides is 3. The minimum atomic E-state index is -4.48. The smallest absolute Gasteiger partial charge is 0.394 e. The van der Waals surface area contributed by atoms with Crippen molar-refractivity contribution >= 4 is 5.91 Å². The fourth-order valence-corrected chi connectivity index (χ4v) is 2.64. The fourth-order valence-electron chi connectivity index (χ4n) is 2.64. The van der Waals surface area contributed by atoms with Crippen molar-refractivity contribution in [3.05, 3.63) is 47.0 Å². The number of benzene rings is 1. The first-order valence-electron chi connectivity index (χ1n) is 8.20. The highest BCUT2D eigenvalue weighted by Gasteiger charge is 2.45. The van der Waals surface area contributed by atoms with Crippen LogP contribution in [-0.4, -0.2) is 60.9 Å². The maximum Gasteiger partial charge on any atom is 0.416 e. The van der Waals surface area contributed by atoms with Gasteiger partial charge in [-0.25, -0.2) is 4.68 Å². The molecule has 1 aliphatic heterocycles. The van der Waals surface area contributed by atoms with Gasteiger partial charge in [0.1, 0.15) is 18.3 Å². The quantitative estimate of drug-likeness (QED) is 0.493. The topological polar surface area (TPSA) is 144 Å². The summed E-state index contributed by atoms with van der Waals surface area (Å²) in [6, 6.07) is 4.02. The predicted molar refractivity (Wildman–Crippen MR) is 89.0 cm³/mol. The Morgan fingerprint density at radius 1 is 1.21 bits per heavy atom. The zero-order chi connectivity index (χ0) is 21.3. The number of rotatable bonds is 3. The Labute approximate surface area is 161 Å². The molecular formula is C17H15F3N4O5. The van der Waals surface area contributed by atoms with E-state index in [2.05, 4.69) is 21.9 Å². The average Bonchev–Trinajstić information content (AvgIpc) is 3.21. The summed E-state index contributed by atoms with van der Waals surface area (Å²) in [5.41, 5.74) is 4.53. The largest absolute Gasteiger partial charge is 0.416 e. The molecule has 1 fully saturated rings. The number of ether oxygens (including phenoxy) is 1. The van der Waals surface area contributed by atoms with E-state index in [0.29, 0.717) is 0 Å². The van der Waals surface area contributed by atoms with Crippen LogP contribution in [0.25, 0.3) is 0 Å². The third kappa shape index (κ3) is 4.22.